The highest BCUT2D eigenvalue weighted by Gasteiger charge is 2.25. The van der Waals surface area contributed by atoms with E-state index in [0.717, 1.165) is 56.4 Å². The lowest BCUT2D eigenvalue weighted by Crippen LogP contribution is -2.47. The summed E-state index contributed by atoms with van der Waals surface area (Å²) in [4.78, 5) is 32.9. The highest BCUT2D eigenvalue weighted by molar-refractivity contribution is 5.84. The quantitative estimate of drug-likeness (QED) is 0.441. The van der Waals surface area contributed by atoms with Gasteiger partial charge in [-0.2, -0.15) is 0 Å². The fourth-order valence-electron chi connectivity index (χ4n) is 5.22. The van der Waals surface area contributed by atoms with Crippen LogP contribution in [0, 0.1) is 12.8 Å². The molecule has 0 N–H and O–H groups in total. The zero-order chi connectivity index (χ0) is 25.2. The summed E-state index contributed by atoms with van der Waals surface area (Å²) in [5, 5.41) is 0. The van der Waals surface area contributed by atoms with Gasteiger partial charge in [0.2, 0.25) is 11.8 Å². The predicted octanol–water partition coefficient (Wildman–Crippen LogP) is 4.25. The first kappa shape index (κ1) is 26.4. The third-order valence-corrected chi connectivity index (χ3v) is 7.42. The molecule has 0 radical (unpaired) electrons. The Labute approximate surface area is 215 Å². The Morgan fingerprint density at radius 2 is 1.69 bits per heavy atom. The summed E-state index contributed by atoms with van der Waals surface area (Å²) in [5.74, 6) is 2.28. The Bertz CT molecular complexity index is 948. The topological polar surface area (TPSA) is 66.2 Å². The van der Waals surface area contributed by atoms with Crippen molar-refractivity contribution in [1.82, 2.24) is 14.7 Å². The summed E-state index contributed by atoms with van der Waals surface area (Å²) < 4.78 is 11.3. The number of aryl methyl sites for hydroxylation is 1. The van der Waals surface area contributed by atoms with E-state index in [1.54, 1.807) is 9.80 Å². The molecule has 1 saturated carbocycles. The number of amides is 2. The summed E-state index contributed by atoms with van der Waals surface area (Å²) in [6.07, 6.45) is 6.47. The SMILES string of the molecule is Cc1ccc(CN(Cc2ccccc2)C(=O)CN(CCN2CCOCC2)C(=O)CCC2CCCC2)o1. The van der Waals surface area contributed by atoms with E-state index in [9.17, 15) is 9.59 Å². The third-order valence-electron chi connectivity index (χ3n) is 7.42. The average molecular weight is 496 g/mol. The number of nitrogens with zero attached hydrogens (tertiary/aromatic N) is 3. The molecular formula is C29H41N3O4. The van der Waals surface area contributed by atoms with Crippen LogP contribution in [0.25, 0.3) is 0 Å². The van der Waals surface area contributed by atoms with Crippen LogP contribution >= 0.6 is 0 Å². The minimum Gasteiger partial charge on any atom is -0.464 e. The number of ether oxygens (including phenoxy) is 1. The highest BCUT2D eigenvalue weighted by atomic mass is 16.5. The van der Waals surface area contributed by atoms with Crippen molar-refractivity contribution in [1.29, 1.82) is 0 Å². The summed E-state index contributed by atoms with van der Waals surface area (Å²) in [5.41, 5.74) is 1.06. The number of hydrogen-bond donors (Lipinski definition) is 0. The molecule has 0 bridgehead atoms. The van der Waals surface area contributed by atoms with E-state index in [0.29, 0.717) is 32.0 Å². The van der Waals surface area contributed by atoms with Crippen molar-refractivity contribution in [3.05, 3.63) is 59.5 Å². The van der Waals surface area contributed by atoms with E-state index in [1.807, 2.05) is 49.4 Å². The van der Waals surface area contributed by atoms with Gasteiger partial charge in [-0.15, -0.1) is 0 Å². The van der Waals surface area contributed by atoms with Gasteiger partial charge in [0.15, 0.2) is 0 Å². The van der Waals surface area contributed by atoms with Gasteiger partial charge < -0.3 is 19.0 Å². The van der Waals surface area contributed by atoms with E-state index in [1.165, 1.54) is 25.7 Å². The molecule has 0 spiro atoms. The number of carbonyl (C=O) groups is 2. The molecule has 1 aromatic heterocycles. The molecule has 7 nitrogen and oxygen atoms in total. The average Bonchev–Trinajstić information content (AvgIpc) is 3.57. The highest BCUT2D eigenvalue weighted by Crippen LogP contribution is 2.28. The maximum atomic E-state index is 13.6. The number of benzene rings is 1. The second-order valence-corrected chi connectivity index (χ2v) is 10.2. The Morgan fingerprint density at radius 3 is 2.39 bits per heavy atom. The van der Waals surface area contributed by atoms with Gasteiger partial charge in [-0.05, 0) is 37.0 Å². The molecule has 1 aromatic carbocycles. The summed E-state index contributed by atoms with van der Waals surface area (Å²) in [7, 11) is 0. The molecular weight excluding hydrogens is 454 g/mol. The van der Waals surface area contributed by atoms with Crippen molar-refractivity contribution >= 4 is 11.8 Å². The largest absolute Gasteiger partial charge is 0.464 e. The van der Waals surface area contributed by atoms with E-state index in [-0.39, 0.29) is 18.4 Å². The Kier molecular flexibility index (Phi) is 9.99. The van der Waals surface area contributed by atoms with Crippen molar-refractivity contribution in [2.24, 2.45) is 5.92 Å². The molecule has 2 aliphatic rings. The second kappa shape index (κ2) is 13.6. The van der Waals surface area contributed by atoms with E-state index in [4.69, 9.17) is 9.15 Å². The standard InChI is InChI=1S/C29H41N3O4/c1-24-11-13-27(36-24)22-32(21-26-9-3-2-4-10-26)29(34)23-31(16-15-30-17-19-35-20-18-30)28(33)14-12-25-7-5-6-8-25/h2-4,9-11,13,25H,5-8,12,14-23H2,1H3. The first-order valence-corrected chi connectivity index (χ1v) is 13.5. The Balaban J connectivity index is 1.43. The molecule has 1 aliphatic carbocycles. The van der Waals surface area contributed by atoms with Crippen molar-refractivity contribution in [3.8, 4) is 0 Å². The molecule has 2 heterocycles. The maximum absolute atomic E-state index is 13.6. The molecule has 36 heavy (non-hydrogen) atoms. The van der Waals surface area contributed by atoms with Gasteiger partial charge in [-0.25, -0.2) is 0 Å². The van der Waals surface area contributed by atoms with Crippen LogP contribution in [0.1, 0.15) is 55.6 Å². The lowest BCUT2D eigenvalue weighted by atomic mass is 10.0. The number of furan rings is 1. The van der Waals surface area contributed by atoms with E-state index < -0.39 is 0 Å². The molecule has 1 saturated heterocycles. The first-order chi connectivity index (χ1) is 17.6. The molecule has 0 unspecified atom stereocenters. The Hall–Kier alpha value is -2.64. The van der Waals surface area contributed by atoms with Crippen LogP contribution in [0.15, 0.2) is 46.9 Å². The number of rotatable bonds is 12. The van der Waals surface area contributed by atoms with Gasteiger partial charge in [0.25, 0.3) is 0 Å². The summed E-state index contributed by atoms with van der Waals surface area (Å²) in [6, 6.07) is 13.8. The van der Waals surface area contributed by atoms with Crippen molar-refractivity contribution in [3.63, 3.8) is 0 Å². The van der Waals surface area contributed by atoms with Gasteiger partial charge in [0, 0.05) is 39.1 Å². The van der Waals surface area contributed by atoms with Crippen molar-refractivity contribution in [2.45, 2.75) is 58.5 Å². The lowest BCUT2D eigenvalue weighted by Gasteiger charge is -2.31. The fourth-order valence-corrected chi connectivity index (χ4v) is 5.22. The fraction of sp³-hybridized carbons (Fsp3) is 0.586. The molecule has 2 aromatic rings. The van der Waals surface area contributed by atoms with Crippen LogP contribution in [-0.4, -0.2) is 72.5 Å². The molecule has 4 rings (SSSR count). The zero-order valence-corrected chi connectivity index (χ0v) is 21.7. The minimum atomic E-state index is -0.0518. The molecule has 7 heteroatoms. The van der Waals surface area contributed by atoms with Crippen molar-refractivity contribution < 1.29 is 18.7 Å². The van der Waals surface area contributed by atoms with Gasteiger partial charge in [-0.1, -0.05) is 56.0 Å². The van der Waals surface area contributed by atoms with Crippen LogP contribution in [0.5, 0.6) is 0 Å². The summed E-state index contributed by atoms with van der Waals surface area (Å²) in [6.45, 7) is 7.39. The third kappa shape index (κ3) is 8.20. The maximum Gasteiger partial charge on any atom is 0.242 e. The van der Waals surface area contributed by atoms with Crippen LogP contribution in [0.4, 0.5) is 0 Å². The normalized spacial score (nSPS) is 16.8. The van der Waals surface area contributed by atoms with Crippen molar-refractivity contribution in [2.75, 3.05) is 45.9 Å². The predicted molar refractivity (Wildman–Crippen MR) is 139 cm³/mol. The molecule has 1 aliphatic heterocycles. The van der Waals surface area contributed by atoms with Crippen LogP contribution in [0.3, 0.4) is 0 Å². The smallest absolute Gasteiger partial charge is 0.242 e. The molecule has 2 amide bonds. The van der Waals surface area contributed by atoms with Gasteiger partial charge in [0.1, 0.15) is 11.5 Å². The van der Waals surface area contributed by atoms with Crippen LogP contribution < -0.4 is 0 Å². The van der Waals surface area contributed by atoms with Gasteiger partial charge in [-0.3, -0.25) is 14.5 Å². The molecule has 196 valence electrons. The number of morpholine rings is 1. The van der Waals surface area contributed by atoms with E-state index >= 15 is 0 Å². The molecule has 0 atom stereocenters. The zero-order valence-electron chi connectivity index (χ0n) is 21.7. The number of hydrogen-bond acceptors (Lipinski definition) is 5. The van der Waals surface area contributed by atoms with Gasteiger partial charge in [0.05, 0.1) is 26.3 Å². The first-order valence-electron chi connectivity index (χ1n) is 13.5. The van der Waals surface area contributed by atoms with E-state index in [2.05, 4.69) is 4.90 Å². The number of carbonyl (C=O) groups excluding carboxylic acids is 2. The van der Waals surface area contributed by atoms with Crippen LogP contribution in [0.2, 0.25) is 0 Å². The van der Waals surface area contributed by atoms with Gasteiger partial charge >= 0.3 is 0 Å². The monoisotopic (exact) mass is 495 g/mol. The second-order valence-electron chi connectivity index (χ2n) is 10.2. The Morgan fingerprint density at radius 1 is 0.944 bits per heavy atom. The lowest BCUT2D eigenvalue weighted by molar-refractivity contribution is -0.141. The van der Waals surface area contributed by atoms with Crippen LogP contribution in [-0.2, 0) is 27.4 Å². The molecule has 2 fully saturated rings. The summed E-state index contributed by atoms with van der Waals surface area (Å²) >= 11 is 0. The minimum absolute atomic E-state index is 0.0518.